The van der Waals surface area contributed by atoms with Crippen molar-refractivity contribution in [3.8, 4) is 5.75 Å². The Balaban J connectivity index is 1.44. The van der Waals surface area contributed by atoms with Crippen LogP contribution in [0.15, 0.2) is 48.1 Å². The van der Waals surface area contributed by atoms with Gasteiger partial charge in [-0.25, -0.2) is 4.98 Å². The molecular weight excluding hydrogens is 334 g/mol. The highest BCUT2D eigenvalue weighted by Gasteiger charge is 2.09. The molecule has 4 rings (SSSR count). The zero-order valence-electron chi connectivity index (χ0n) is 13.7. The van der Waals surface area contributed by atoms with Crippen LogP contribution in [-0.4, -0.2) is 29.5 Å². The number of nitrogens with one attached hydrogen (secondary N) is 2. The first-order chi connectivity index (χ1) is 12.2. The molecule has 25 heavy (non-hydrogen) atoms. The molecule has 0 aliphatic carbocycles. The first kappa shape index (κ1) is 15.7. The van der Waals surface area contributed by atoms with Crippen molar-refractivity contribution < 1.29 is 9.53 Å². The fraction of sp³-hybridized carbons (Fsp3) is 0.158. The summed E-state index contributed by atoms with van der Waals surface area (Å²) in [7, 11) is 1.66. The van der Waals surface area contributed by atoms with Crippen molar-refractivity contribution in [3.05, 3.63) is 59.2 Å². The maximum atomic E-state index is 12.3. The first-order valence-corrected chi connectivity index (χ1v) is 8.88. The summed E-state index contributed by atoms with van der Waals surface area (Å²) < 4.78 is 6.31. The van der Waals surface area contributed by atoms with Crippen LogP contribution in [0.4, 0.5) is 0 Å². The molecule has 126 valence electrons. The number of rotatable bonds is 5. The van der Waals surface area contributed by atoms with Gasteiger partial charge in [-0.3, -0.25) is 4.79 Å². The van der Waals surface area contributed by atoms with Gasteiger partial charge in [0.2, 0.25) is 0 Å². The second-order valence-electron chi connectivity index (χ2n) is 5.77. The third-order valence-electron chi connectivity index (χ3n) is 4.25. The quantitative estimate of drug-likeness (QED) is 0.575. The highest BCUT2D eigenvalue weighted by atomic mass is 32.1. The molecule has 0 saturated carbocycles. The summed E-state index contributed by atoms with van der Waals surface area (Å²) in [5.74, 6) is 0.767. The minimum atomic E-state index is -0.0623. The highest BCUT2D eigenvalue weighted by molar-refractivity contribution is 7.16. The van der Waals surface area contributed by atoms with Gasteiger partial charge in [0.05, 0.1) is 22.8 Å². The van der Waals surface area contributed by atoms with E-state index in [1.54, 1.807) is 12.6 Å². The summed E-state index contributed by atoms with van der Waals surface area (Å²) >= 11 is 1.54. The number of hydrogen-bond acceptors (Lipinski definition) is 4. The van der Waals surface area contributed by atoms with Crippen LogP contribution in [-0.2, 0) is 6.42 Å². The van der Waals surface area contributed by atoms with Crippen LogP contribution in [0.3, 0.4) is 0 Å². The zero-order chi connectivity index (χ0) is 17.2. The standard InChI is InChI=1S/C19H17N3O2S/c1-24-14-3-5-16-15(9-14)13(10-21-16)6-7-20-19(23)12-2-4-17-18(8-12)25-11-22-17/h2-5,8-11,21H,6-7H2,1H3,(H,20,23). The number of carbonyl (C=O) groups is 1. The number of aromatic amines is 1. The number of ether oxygens (including phenoxy) is 1. The summed E-state index contributed by atoms with van der Waals surface area (Å²) in [4.78, 5) is 19.8. The second-order valence-corrected chi connectivity index (χ2v) is 6.65. The van der Waals surface area contributed by atoms with Crippen LogP contribution in [0.5, 0.6) is 5.75 Å². The number of hydrogen-bond donors (Lipinski definition) is 2. The molecule has 0 fully saturated rings. The van der Waals surface area contributed by atoms with Crippen molar-refractivity contribution in [2.24, 2.45) is 0 Å². The molecule has 2 N–H and O–H groups in total. The van der Waals surface area contributed by atoms with Crippen LogP contribution in [0.1, 0.15) is 15.9 Å². The van der Waals surface area contributed by atoms with E-state index in [0.717, 1.165) is 38.9 Å². The smallest absolute Gasteiger partial charge is 0.251 e. The van der Waals surface area contributed by atoms with Gasteiger partial charge in [0.25, 0.3) is 5.91 Å². The number of thiazole rings is 1. The summed E-state index contributed by atoms with van der Waals surface area (Å²) in [5.41, 5.74) is 5.61. The number of aromatic nitrogens is 2. The molecule has 0 unspecified atom stereocenters. The van der Waals surface area contributed by atoms with Gasteiger partial charge in [0.1, 0.15) is 5.75 Å². The largest absolute Gasteiger partial charge is 0.497 e. The van der Waals surface area contributed by atoms with E-state index in [1.807, 2.05) is 42.6 Å². The van der Waals surface area contributed by atoms with E-state index in [9.17, 15) is 4.79 Å². The number of amides is 1. The van der Waals surface area contributed by atoms with Crippen LogP contribution in [0, 0.1) is 0 Å². The summed E-state index contributed by atoms with van der Waals surface area (Å²) in [6, 6.07) is 11.5. The average molecular weight is 351 g/mol. The lowest BCUT2D eigenvalue weighted by Gasteiger charge is -2.05. The Kier molecular flexibility index (Phi) is 4.11. The molecule has 6 heteroatoms. The highest BCUT2D eigenvalue weighted by Crippen LogP contribution is 2.24. The van der Waals surface area contributed by atoms with E-state index in [1.165, 1.54) is 11.3 Å². The van der Waals surface area contributed by atoms with E-state index >= 15 is 0 Å². The van der Waals surface area contributed by atoms with Gasteiger partial charge in [0.15, 0.2) is 0 Å². The number of methoxy groups -OCH3 is 1. The van der Waals surface area contributed by atoms with Crippen LogP contribution in [0.25, 0.3) is 21.1 Å². The summed E-state index contributed by atoms with van der Waals surface area (Å²) in [6.07, 6.45) is 2.74. The van der Waals surface area contributed by atoms with Crippen molar-refractivity contribution in [2.75, 3.05) is 13.7 Å². The molecule has 2 aromatic heterocycles. The number of H-pyrrole nitrogens is 1. The number of nitrogens with zero attached hydrogens (tertiary/aromatic N) is 1. The Morgan fingerprint density at radius 2 is 2.20 bits per heavy atom. The van der Waals surface area contributed by atoms with Gasteiger partial charge in [-0.2, -0.15) is 0 Å². The Hall–Kier alpha value is -2.86. The molecule has 1 amide bonds. The van der Waals surface area contributed by atoms with Gasteiger partial charge >= 0.3 is 0 Å². The van der Waals surface area contributed by atoms with E-state index < -0.39 is 0 Å². The molecule has 0 spiro atoms. The van der Waals surface area contributed by atoms with E-state index in [4.69, 9.17) is 4.74 Å². The maximum absolute atomic E-state index is 12.3. The van der Waals surface area contributed by atoms with E-state index in [0.29, 0.717) is 12.1 Å². The SMILES string of the molecule is COc1ccc2[nH]cc(CCNC(=O)c3ccc4ncsc4c3)c2c1. The molecule has 4 aromatic rings. The van der Waals surface area contributed by atoms with Crippen LogP contribution in [0.2, 0.25) is 0 Å². The normalized spacial score (nSPS) is 11.1. The van der Waals surface area contributed by atoms with Gasteiger partial charge in [-0.1, -0.05) is 0 Å². The Bertz CT molecular complexity index is 1050. The van der Waals surface area contributed by atoms with Crippen LogP contribution >= 0.6 is 11.3 Å². The number of fused-ring (bicyclic) bond motifs is 2. The van der Waals surface area contributed by atoms with Crippen molar-refractivity contribution in [1.29, 1.82) is 0 Å². The molecular formula is C19H17N3O2S. The minimum absolute atomic E-state index is 0.0623. The van der Waals surface area contributed by atoms with Gasteiger partial charge in [-0.15, -0.1) is 11.3 Å². The molecule has 0 atom stereocenters. The predicted molar refractivity (Wildman–Crippen MR) is 101 cm³/mol. The van der Waals surface area contributed by atoms with E-state index in [-0.39, 0.29) is 5.91 Å². The zero-order valence-corrected chi connectivity index (χ0v) is 14.5. The van der Waals surface area contributed by atoms with Gasteiger partial charge in [0, 0.05) is 29.2 Å². The van der Waals surface area contributed by atoms with Crippen molar-refractivity contribution in [1.82, 2.24) is 15.3 Å². The second kappa shape index (κ2) is 6.57. The van der Waals surface area contributed by atoms with Gasteiger partial charge < -0.3 is 15.0 Å². The summed E-state index contributed by atoms with van der Waals surface area (Å²) in [6.45, 7) is 0.573. The molecule has 2 aromatic carbocycles. The monoisotopic (exact) mass is 351 g/mol. The lowest BCUT2D eigenvalue weighted by Crippen LogP contribution is -2.25. The van der Waals surface area contributed by atoms with Crippen molar-refractivity contribution in [3.63, 3.8) is 0 Å². The predicted octanol–water partition coefficient (Wildman–Crippen LogP) is 3.76. The molecule has 0 bridgehead atoms. The lowest BCUT2D eigenvalue weighted by atomic mass is 10.1. The molecule has 0 aliphatic rings. The molecule has 0 aliphatic heterocycles. The third-order valence-corrected chi connectivity index (χ3v) is 5.04. The topological polar surface area (TPSA) is 67.0 Å². The fourth-order valence-electron chi connectivity index (χ4n) is 2.90. The number of benzene rings is 2. The van der Waals surface area contributed by atoms with Crippen LogP contribution < -0.4 is 10.1 Å². The average Bonchev–Trinajstić information content (AvgIpc) is 3.27. The van der Waals surface area contributed by atoms with Crippen molar-refractivity contribution >= 4 is 38.4 Å². The summed E-state index contributed by atoms with van der Waals surface area (Å²) in [5, 5.41) is 4.11. The third kappa shape index (κ3) is 3.08. The Morgan fingerprint density at radius 1 is 1.28 bits per heavy atom. The van der Waals surface area contributed by atoms with Gasteiger partial charge in [-0.05, 0) is 48.4 Å². The molecule has 0 radical (unpaired) electrons. The molecule has 5 nitrogen and oxygen atoms in total. The minimum Gasteiger partial charge on any atom is -0.497 e. The molecule has 0 saturated heterocycles. The fourth-order valence-corrected chi connectivity index (χ4v) is 3.62. The number of carbonyl (C=O) groups excluding carboxylic acids is 1. The lowest BCUT2D eigenvalue weighted by molar-refractivity contribution is 0.0954. The van der Waals surface area contributed by atoms with E-state index in [2.05, 4.69) is 15.3 Å². The Labute approximate surface area is 148 Å². The molecule has 2 heterocycles. The first-order valence-electron chi connectivity index (χ1n) is 8.00. The Morgan fingerprint density at radius 3 is 3.08 bits per heavy atom. The maximum Gasteiger partial charge on any atom is 0.251 e. The van der Waals surface area contributed by atoms with Crippen molar-refractivity contribution in [2.45, 2.75) is 6.42 Å².